The molecule has 0 unspecified atom stereocenters. The maximum absolute atomic E-state index is 13.4. The van der Waals surface area contributed by atoms with Gasteiger partial charge in [-0.1, -0.05) is 17.7 Å². The summed E-state index contributed by atoms with van der Waals surface area (Å²) in [5, 5.41) is 0.322. The molecule has 3 aromatic rings. The van der Waals surface area contributed by atoms with Crippen LogP contribution in [0.4, 0.5) is 10.2 Å². The summed E-state index contributed by atoms with van der Waals surface area (Å²) in [6, 6.07) is 8.12. The monoisotopic (exact) mass is 275 g/mol. The Bertz CT molecular complexity index is 759. The van der Waals surface area contributed by atoms with E-state index in [4.69, 9.17) is 17.3 Å². The van der Waals surface area contributed by atoms with Gasteiger partial charge in [-0.05, 0) is 36.8 Å². The van der Waals surface area contributed by atoms with Gasteiger partial charge in [0.15, 0.2) is 0 Å². The Morgan fingerprint density at radius 3 is 2.79 bits per heavy atom. The molecule has 0 saturated carbocycles. The molecule has 3 rings (SSSR count). The molecule has 0 radical (unpaired) electrons. The minimum absolute atomic E-state index is 0.322. The number of halogens is 2. The number of imidazole rings is 1. The van der Waals surface area contributed by atoms with Gasteiger partial charge in [0.25, 0.3) is 0 Å². The second-order valence-electron chi connectivity index (χ2n) is 4.39. The number of hydrogen-bond donors (Lipinski definition) is 1. The Balaban J connectivity index is 2.31. The van der Waals surface area contributed by atoms with E-state index in [0.717, 1.165) is 11.2 Å². The van der Waals surface area contributed by atoms with Crippen molar-refractivity contribution in [1.82, 2.24) is 9.38 Å². The van der Waals surface area contributed by atoms with Gasteiger partial charge in [0, 0.05) is 16.8 Å². The lowest BCUT2D eigenvalue weighted by Gasteiger charge is -2.01. The van der Waals surface area contributed by atoms with Crippen LogP contribution in [0.3, 0.4) is 0 Å². The van der Waals surface area contributed by atoms with Crippen molar-refractivity contribution in [3.63, 3.8) is 0 Å². The van der Waals surface area contributed by atoms with Crippen molar-refractivity contribution < 1.29 is 4.39 Å². The van der Waals surface area contributed by atoms with E-state index >= 15 is 0 Å². The Kier molecular flexibility index (Phi) is 2.68. The summed E-state index contributed by atoms with van der Waals surface area (Å²) >= 11 is 5.87. The number of hydrogen-bond acceptors (Lipinski definition) is 2. The Labute approximate surface area is 114 Å². The summed E-state index contributed by atoms with van der Waals surface area (Å²) in [6.45, 7) is 1.95. The molecular formula is C14H11ClFN3. The SMILES string of the molecule is Cc1cccn2c(N)c(-c3cc(F)cc(Cl)c3)nc12. The average molecular weight is 276 g/mol. The molecular weight excluding hydrogens is 265 g/mol. The zero-order valence-corrected chi connectivity index (χ0v) is 10.9. The first-order valence-electron chi connectivity index (χ1n) is 5.76. The third-order valence-electron chi connectivity index (χ3n) is 3.02. The van der Waals surface area contributed by atoms with Crippen molar-refractivity contribution in [3.8, 4) is 11.3 Å². The van der Waals surface area contributed by atoms with Crippen molar-refractivity contribution in [2.75, 3.05) is 5.73 Å². The number of pyridine rings is 1. The summed E-state index contributed by atoms with van der Waals surface area (Å²) in [5.41, 5.74) is 8.95. The van der Waals surface area contributed by atoms with Gasteiger partial charge >= 0.3 is 0 Å². The fraction of sp³-hybridized carbons (Fsp3) is 0.0714. The highest BCUT2D eigenvalue weighted by molar-refractivity contribution is 6.30. The number of nitrogens with two attached hydrogens (primary N) is 1. The van der Waals surface area contributed by atoms with Crippen LogP contribution in [0.25, 0.3) is 16.9 Å². The van der Waals surface area contributed by atoms with E-state index in [1.165, 1.54) is 12.1 Å². The van der Waals surface area contributed by atoms with Gasteiger partial charge in [-0.15, -0.1) is 0 Å². The van der Waals surface area contributed by atoms with Gasteiger partial charge in [0.1, 0.15) is 23.0 Å². The molecule has 0 amide bonds. The van der Waals surface area contributed by atoms with E-state index < -0.39 is 5.82 Å². The Morgan fingerprint density at radius 1 is 1.32 bits per heavy atom. The van der Waals surface area contributed by atoms with Crippen molar-refractivity contribution in [1.29, 1.82) is 0 Å². The summed E-state index contributed by atoms with van der Waals surface area (Å²) < 4.78 is 15.2. The van der Waals surface area contributed by atoms with Crippen LogP contribution in [-0.4, -0.2) is 9.38 Å². The third kappa shape index (κ3) is 1.94. The second-order valence-corrected chi connectivity index (χ2v) is 4.83. The summed E-state index contributed by atoms with van der Waals surface area (Å²) in [5.74, 6) is 0.0658. The number of anilines is 1. The fourth-order valence-electron chi connectivity index (χ4n) is 2.13. The number of aryl methyl sites for hydroxylation is 1. The van der Waals surface area contributed by atoms with Gasteiger partial charge in [-0.3, -0.25) is 4.40 Å². The van der Waals surface area contributed by atoms with E-state index in [-0.39, 0.29) is 0 Å². The molecule has 2 heterocycles. The van der Waals surface area contributed by atoms with E-state index in [0.29, 0.717) is 22.1 Å². The standard InChI is InChI=1S/C14H11ClFN3/c1-8-3-2-4-19-13(17)12(18-14(8)19)9-5-10(15)7-11(16)6-9/h2-7H,17H2,1H3. The Hall–Kier alpha value is -2.07. The molecule has 1 aromatic carbocycles. The smallest absolute Gasteiger partial charge is 0.142 e. The largest absolute Gasteiger partial charge is 0.383 e. The molecule has 19 heavy (non-hydrogen) atoms. The molecule has 96 valence electrons. The highest BCUT2D eigenvalue weighted by Crippen LogP contribution is 2.29. The predicted octanol–water partition coefficient (Wildman–Crippen LogP) is 3.68. The number of aromatic nitrogens is 2. The molecule has 0 fully saturated rings. The number of nitrogens with zero attached hydrogens (tertiary/aromatic N) is 2. The lowest BCUT2D eigenvalue weighted by Crippen LogP contribution is -1.94. The van der Waals surface area contributed by atoms with E-state index in [1.807, 2.05) is 25.3 Å². The van der Waals surface area contributed by atoms with Crippen molar-refractivity contribution in [3.05, 3.63) is 52.9 Å². The minimum atomic E-state index is -0.407. The topological polar surface area (TPSA) is 43.3 Å². The maximum Gasteiger partial charge on any atom is 0.142 e. The van der Waals surface area contributed by atoms with Crippen LogP contribution >= 0.6 is 11.6 Å². The normalized spacial score (nSPS) is 11.1. The van der Waals surface area contributed by atoms with Gasteiger partial charge in [-0.25, -0.2) is 9.37 Å². The van der Waals surface area contributed by atoms with Crippen molar-refractivity contribution in [2.45, 2.75) is 6.92 Å². The molecule has 0 saturated heterocycles. The van der Waals surface area contributed by atoms with Crippen molar-refractivity contribution in [2.24, 2.45) is 0 Å². The van der Waals surface area contributed by atoms with Gasteiger partial charge in [0.05, 0.1) is 0 Å². The van der Waals surface area contributed by atoms with Crippen LogP contribution in [0.15, 0.2) is 36.5 Å². The number of nitrogen functional groups attached to an aromatic ring is 1. The molecule has 2 aromatic heterocycles. The summed E-state index contributed by atoms with van der Waals surface area (Å²) in [7, 11) is 0. The van der Waals surface area contributed by atoms with Crippen LogP contribution in [-0.2, 0) is 0 Å². The predicted molar refractivity (Wildman–Crippen MR) is 74.7 cm³/mol. The first kappa shape index (κ1) is 12.0. The number of fused-ring (bicyclic) bond motifs is 1. The molecule has 2 N–H and O–H groups in total. The summed E-state index contributed by atoms with van der Waals surface area (Å²) in [6.07, 6.45) is 1.83. The molecule has 0 spiro atoms. The van der Waals surface area contributed by atoms with E-state index in [9.17, 15) is 4.39 Å². The quantitative estimate of drug-likeness (QED) is 0.736. The van der Waals surface area contributed by atoms with Gasteiger partial charge in [0.2, 0.25) is 0 Å². The van der Waals surface area contributed by atoms with Gasteiger partial charge < -0.3 is 5.73 Å². The molecule has 0 aliphatic carbocycles. The zero-order valence-electron chi connectivity index (χ0n) is 10.2. The zero-order chi connectivity index (χ0) is 13.6. The maximum atomic E-state index is 13.4. The first-order chi connectivity index (χ1) is 9.06. The average Bonchev–Trinajstić information content (AvgIpc) is 2.68. The fourth-order valence-corrected chi connectivity index (χ4v) is 2.35. The number of rotatable bonds is 1. The van der Waals surface area contributed by atoms with E-state index in [1.54, 1.807) is 10.5 Å². The second kappa shape index (κ2) is 4.24. The van der Waals surface area contributed by atoms with E-state index in [2.05, 4.69) is 4.98 Å². The van der Waals surface area contributed by atoms with Crippen LogP contribution < -0.4 is 5.73 Å². The minimum Gasteiger partial charge on any atom is -0.383 e. The van der Waals surface area contributed by atoms with Crippen LogP contribution in [0.1, 0.15) is 5.56 Å². The van der Waals surface area contributed by atoms with Crippen molar-refractivity contribution >= 4 is 23.1 Å². The molecule has 0 aliphatic rings. The molecule has 3 nitrogen and oxygen atoms in total. The summed E-state index contributed by atoms with van der Waals surface area (Å²) in [4.78, 5) is 4.48. The van der Waals surface area contributed by atoms with Gasteiger partial charge in [-0.2, -0.15) is 0 Å². The first-order valence-corrected chi connectivity index (χ1v) is 6.13. The highest BCUT2D eigenvalue weighted by Gasteiger charge is 2.13. The molecule has 0 bridgehead atoms. The molecule has 0 aliphatic heterocycles. The highest BCUT2D eigenvalue weighted by atomic mass is 35.5. The number of benzene rings is 1. The lowest BCUT2D eigenvalue weighted by molar-refractivity contribution is 0.628. The lowest BCUT2D eigenvalue weighted by atomic mass is 10.1. The third-order valence-corrected chi connectivity index (χ3v) is 3.24. The van der Waals surface area contributed by atoms with Crippen LogP contribution in [0.2, 0.25) is 5.02 Å². The molecule has 0 atom stereocenters. The van der Waals surface area contributed by atoms with Crippen LogP contribution in [0, 0.1) is 12.7 Å². The Morgan fingerprint density at radius 2 is 2.11 bits per heavy atom. The molecule has 5 heteroatoms. The van der Waals surface area contributed by atoms with Crippen LogP contribution in [0.5, 0.6) is 0 Å².